The van der Waals surface area contributed by atoms with Crippen LogP contribution in [0, 0.1) is 0 Å². The summed E-state index contributed by atoms with van der Waals surface area (Å²) in [6.45, 7) is 24.9. The Labute approximate surface area is 135 Å². The van der Waals surface area contributed by atoms with Gasteiger partial charge in [-0.15, -0.1) is 12.3 Å². The maximum Gasteiger partial charge on any atom is 0.128 e. The molecule has 1 saturated heterocycles. The van der Waals surface area contributed by atoms with Gasteiger partial charge in [-0.25, -0.2) is 0 Å². The summed E-state index contributed by atoms with van der Waals surface area (Å²) in [6.07, 6.45) is 2.71. The van der Waals surface area contributed by atoms with Crippen molar-refractivity contribution in [2.75, 3.05) is 19.6 Å². The number of piperazine rings is 1. The Morgan fingerprint density at radius 2 is 1.86 bits per heavy atom. The molecule has 2 nitrogen and oxygen atoms in total. The van der Waals surface area contributed by atoms with Gasteiger partial charge < -0.3 is 9.88 Å². The molecule has 1 fully saturated rings. The fourth-order valence-corrected chi connectivity index (χ4v) is 7.07. The Bertz CT molecular complexity index is 345. The Hall–Kier alpha value is 0.0938. The van der Waals surface area contributed by atoms with Gasteiger partial charge in [0.1, 0.15) is 8.24 Å². The third-order valence-corrected chi connectivity index (χ3v) is 14.3. The van der Waals surface area contributed by atoms with Crippen LogP contribution in [0.25, 0.3) is 0 Å². The van der Waals surface area contributed by atoms with E-state index in [1.54, 1.807) is 0 Å². The number of hydrogen-bond acceptors (Lipinski definition) is 2. The number of nitrogens with one attached hydrogen (secondary N) is 1. The van der Waals surface area contributed by atoms with Crippen LogP contribution in [0.2, 0.25) is 37.3 Å². The first kappa shape index (κ1) is 19.1. The average Bonchev–Trinajstić information content (AvgIpc) is 2.37. The van der Waals surface area contributed by atoms with Gasteiger partial charge in [0.15, 0.2) is 0 Å². The third-order valence-electron chi connectivity index (χ3n) is 5.81. The highest BCUT2D eigenvalue weighted by Gasteiger charge is 2.44. The lowest BCUT2D eigenvalue weighted by molar-refractivity contribution is 0.237. The van der Waals surface area contributed by atoms with Crippen LogP contribution in [-0.4, -0.2) is 46.6 Å². The molecule has 0 aliphatic carbocycles. The molecule has 0 bridgehead atoms. The molecule has 0 radical (unpaired) electrons. The molecule has 4 heteroatoms. The molecule has 0 aromatic rings. The number of hydrogen-bond donors (Lipinski definition) is 1. The van der Waals surface area contributed by atoms with Gasteiger partial charge in [-0.1, -0.05) is 59.4 Å². The van der Waals surface area contributed by atoms with E-state index in [2.05, 4.69) is 69.1 Å². The molecule has 0 aromatic heterocycles. The van der Waals surface area contributed by atoms with E-state index >= 15 is 0 Å². The van der Waals surface area contributed by atoms with Crippen molar-refractivity contribution in [1.29, 1.82) is 0 Å². The van der Waals surface area contributed by atoms with E-state index in [-0.39, 0.29) is 0 Å². The second kappa shape index (κ2) is 7.11. The Balaban J connectivity index is 2.68. The fourth-order valence-electron chi connectivity index (χ4n) is 3.08. The molecule has 124 valence electrons. The summed E-state index contributed by atoms with van der Waals surface area (Å²) in [5.41, 5.74) is 2.25. The lowest BCUT2D eigenvalue weighted by Gasteiger charge is -2.51. The highest BCUT2D eigenvalue weighted by Crippen LogP contribution is 2.40. The Kier molecular flexibility index (Phi) is 6.48. The first-order valence-corrected chi connectivity index (χ1v) is 14.9. The molecule has 1 aliphatic heterocycles. The highest BCUT2D eigenvalue weighted by molar-refractivity contribution is 6.82. The molecule has 1 heterocycles. The van der Waals surface area contributed by atoms with Gasteiger partial charge in [-0.2, -0.15) is 0 Å². The van der Waals surface area contributed by atoms with Crippen molar-refractivity contribution in [3.8, 4) is 0 Å². The molecule has 0 saturated carbocycles. The normalized spacial score (nSPS) is 22.3. The molecule has 1 aliphatic rings. The van der Waals surface area contributed by atoms with Crippen LogP contribution in [0.3, 0.4) is 0 Å². The lowest BCUT2D eigenvalue weighted by atomic mass is 10.1. The van der Waals surface area contributed by atoms with Crippen molar-refractivity contribution < 1.29 is 0 Å². The van der Waals surface area contributed by atoms with E-state index in [4.69, 9.17) is 0 Å². The van der Waals surface area contributed by atoms with Crippen molar-refractivity contribution in [2.24, 2.45) is 0 Å². The fraction of sp³-hybridized carbons (Fsp3) is 0.882. The zero-order valence-electron chi connectivity index (χ0n) is 15.6. The predicted molar refractivity (Wildman–Crippen MR) is 102 cm³/mol. The van der Waals surface area contributed by atoms with Gasteiger partial charge in [0.05, 0.1) is 8.07 Å². The summed E-state index contributed by atoms with van der Waals surface area (Å²) in [7, 11) is -2.52. The Morgan fingerprint density at radius 1 is 1.24 bits per heavy atom. The van der Waals surface area contributed by atoms with Gasteiger partial charge >= 0.3 is 0 Å². The lowest BCUT2D eigenvalue weighted by Crippen LogP contribution is -2.65. The van der Waals surface area contributed by atoms with Crippen LogP contribution in [0.5, 0.6) is 0 Å². The van der Waals surface area contributed by atoms with Crippen LogP contribution in [-0.2, 0) is 0 Å². The van der Waals surface area contributed by atoms with Gasteiger partial charge in [-0.3, -0.25) is 0 Å². The van der Waals surface area contributed by atoms with E-state index in [1.807, 2.05) is 0 Å². The van der Waals surface area contributed by atoms with Crippen molar-refractivity contribution >= 4 is 16.3 Å². The molecular formula is C17H38N2Si2. The van der Waals surface area contributed by atoms with E-state index in [1.165, 1.54) is 32.0 Å². The summed E-state index contributed by atoms with van der Waals surface area (Å²) in [5.74, 6) is 0. The van der Waals surface area contributed by atoms with Crippen LogP contribution >= 0.6 is 0 Å². The molecular weight excluding hydrogens is 288 g/mol. The maximum atomic E-state index is 4.03. The van der Waals surface area contributed by atoms with Crippen LogP contribution < -0.4 is 5.32 Å². The molecule has 1 atom stereocenters. The monoisotopic (exact) mass is 326 g/mol. The van der Waals surface area contributed by atoms with Crippen LogP contribution in [0.1, 0.15) is 33.6 Å². The summed E-state index contributed by atoms with van der Waals surface area (Å²) in [5, 5.41) is 4.06. The van der Waals surface area contributed by atoms with E-state index in [0.717, 1.165) is 12.6 Å². The molecule has 0 aromatic carbocycles. The molecule has 1 rings (SSSR count). The first-order chi connectivity index (χ1) is 9.51. The van der Waals surface area contributed by atoms with Crippen molar-refractivity contribution in [1.82, 2.24) is 9.88 Å². The number of nitrogens with zero attached hydrogens (tertiary/aromatic N) is 1. The number of rotatable bonds is 6. The molecule has 1 unspecified atom stereocenters. The van der Waals surface area contributed by atoms with Gasteiger partial charge in [0.2, 0.25) is 0 Å². The predicted octanol–water partition coefficient (Wildman–Crippen LogP) is 4.48. The SMILES string of the molecule is C=C[Si](C)(C)CCCC1CNCCN1[Si](C)(C)C(C)(C)C. The van der Waals surface area contributed by atoms with Gasteiger partial charge in [0, 0.05) is 25.7 Å². The topological polar surface area (TPSA) is 15.3 Å². The molecule has 0 amide bonds. The average molecular weight is 327 g/mol. The van der Waals surface area contributed by atoms with Gasteiger partial charge in [-0.05, 0) is 11.5 Å². The largest absolute Gasteiger partial charge is 0.318 e. The minimum atomic E-state index is -1.39. The second-order valence-electron chi connectivity index (χ2n) is 8.95. The van der Waals surface area contributed by atoms with Crippen molar-refractivity contribution in [3.05, 3.63) is 12.3 Å². The summed E-state index contributed by atoms with van der Waals surface area (Å²) >= 11 is 0. The first-order valence-electron chi connectivity index (χ1n) is 8.62. The highest BCUT2D eigenvalue weighted by atomic mass is 28.3. The zero-order valence-corrected chi connectivity index (χ0v) is 17.6. The molecule has 21 heavy (non-hydrogen) atoms. The van der Waals surface area contributed by atoms with E-state index in [9.17, 15) is 0 Å². The molecule has 0 spiro atoms. The minimum absolute atomic E-state index is 0.442. The van der Waals surface area contributed by atoms with Crippen molar-refractivity contribution in [3.63, 3.8) is 0 Å². The van der Waals surface area contributed by atoms with Crippen LogP contribution in [0.4, 0.5) is 0 Å². The van der Waals surface area contributed by atoms with Crippen molar-refractivity contribution in [2.45, 2.75) is 76.9 Å². The Morgan fingerprint density at radius 3 is 2.38 bits per heavy atom. The summed E-state index contributed by atoms with van der Waals surface area (Å²) < 4.78 is 2.91. The third kappa shape index (κ3) is 5.05. The summed E-state index contributed by atoms with van der Waals surface area (Å²) in [4.78, 5) is 0. The molecule has 1 N–H and O–H groups in total. The van der Waals surface area contributed by atoms with Gasteiger partial charge in [0.25, 0.3) is 0 Å². The minimum Gasteiger partial charge on any atom is -0.318 e. The van der Waals surface area contributed by atoms with Crippen LogP contribution in [0.15, 0.2) is 12.3 Å². The maximum absolute atomic E-state index is 4.03. The summed E-state index contributed by atoms with van der Waals surface area (Å²) in [6, 6.07) is 2.13. The van der Waals surface area contributed by atoms with E-state index in [0.29, 0.717) is 5.04 Å². The van der Waals surface area contributed by atoms with E-state index < -0.39 is 16.3 Å². The second-order valence-corrected chi connectivity index (χ2v) is 19.0. The quantitative estimate of drug-likeness (QED) is 0.724. The smallest absolute Gasteiger partial charge is 0.128 e. The standard InChI is InChI=1S/C17H38N2Si2/c1-9-20(5,6)14-10-11-16-15-18-12-13-19(16)21(7,8)17(2,3)4/h9,16,18H,1,10-15H2,2-8H3. The zero-order chi connectivity index (χ0) is 16.3.